The van der Waals surface area contributed by atoms with E-state index in [2.05, 4.69) is 15.3 Å². The van der Waals surface area contributed by atoms with Crippen molar-refractivity contribution in [1.29, 1.82) is 0 Å². The van der Waals surface area contributed by atoms with Crippen LogP contribution in [0.15, 0.2) is 29.1 Å². The van der Waals surface area contributed by atoms with Gasteiger partial charge in [0, 0.05) is 12.0 Å². The third kappa shape index (κ3) is 3.86. The summed E-state index contributed by atoms with van der Waals surface area (Å²) < 4.78 is 5.45. The number of hydrogen-bond acceptors (Lipinski definition) is 5. The highest BCUT2D eigenvalue weighted by Crippen LogP contribution is 2.60. The first-order chi connectivity index (χ1) is 14.9. The number of nitrogens with one attached hydrogen (secondary N) is 2. The zero-order valence-corrected chi connectivity index (χ0v) is 17.9. The van der Waals surface area contributed by atoms with Crippen LogP contribution >= 0.6 is 0 Å². The van der Waals surface area contributed by atoms with E-state index < -0.39 is 12.1 Å². The molecule has 31 heavy (non-hydrogen) atoms. The van der Waals surface area contributed by atoms with E-state index in [0.29, 0.717) is 34.5 Å². The van der Waals surface area contributed by atoms with E-state index in [1.54, 1.807) is 25.1 Å². The molecule has 4 aliphatic carbocycles. The van der Waals surface area contributed by atoms with Crippen molar-refractivity contribution in [2.45, 2.75) is 58.0 Å². The number of aromatic nitrogens is 2. The van der Waals surface area contributed by atoms with E-state index in [1.807, 2.05) is 6.07 Å². The molecule has 2 aromatic rings. The Kier molecular flexibility index (Phi) is 5.07. The lowest BCUT2D eigenvalue weighted by atomic mass is 9.49. The van der Waals surface area contributed by atoms with Gasteiger partial charge in [0.2, 0.25) is 5.91 Å². The molecular formula is C24H29N3O4. The number of benzene rings is 1. The average Bonchev–Trinajstić information content (AvgIpc) is 2.72. The third-order valence-corrected chi connectivity index (χ3v) is 7.46. The maximum absolute atomic E-state index is 13.0. The molecule has 7 heteroatoms. The molecule has 1 aromatic carbocycles. The predicted octanol–water partition coefficient (Wildman–Crippen LogP) is 3.25. The largest absolute Gasteiger partial charge is 0.454 e. The quantitative estimate of drug-likeness (QED) is 0.695. The highest BCUT2D eigenvalue weighted by molar-refractivity contribution is 5.83. The molecule has 0 saturated heterocycles. The number of amides is 1. The van der Waals surface area contributed by atoms with Gasteiger partial charge in [-0.05, 0) is 75.3 Å². The van der Waals surface area contributed by atoms with Gasteiger partial charge in [-0.3, -0.25) is 14.4 Å². The number of hydrogen-bond donors (Lipinski definition) is 2. The normalized spacial score (nSPS) is 29.6. The molecule has 6 rings (SSSR count). The highest BCUT2D eigenvalue weighted by Gasteiger charge is 2.54. The van der Waals surface area contributed by atoms with Crippen molar-refractivity contribution in [2.24, 2.45) is 23.2 Å². The Labute approximate surface area is 181 Å². The number of carbonyl (C=O) groups excluding carboxylic acids is 2. The zero-order chi connectivity index (χ0) is 21.6. The molecule has 1 amide bonds. The van der Waals surface area contributed by atoms with Crippen LogP contribution in [-0.2, 0) is 14.3 Å². The first kappa shape index (κ1) is 20.2. The van der Waals surface area contributed by atoms with Crippen molar-refractivity contribution >= 4 is 22.8 Å². The summed E-state index contributed by atoms with van der Waals surface area (Å²) in [6.07, 6.45) is 6.32. The SMILES string of the molecule is C[C@@H](OC(=O)CCNC(=O)C12CC3CC(CC(C3)C1)C2)c1nc2ccccc2c(=O)[nH]1. The lowest BCUT2D eigenvalue weighted by Gasteiger charge is -2.55. The second-order valence-electron chi connectivity index (χ2n) is 9.80. The van der Waals surface area contributed by atoms with Crippen LogP contribution in [0.3, 0.4) is 0 Å². The number of H-pyrrole nitrogens is 1. The summed E-state index contributed by atoms with van der Waals surface area (Å²) in [6, 6.07) is 7.04. The Hall–Kier alpha value is -2.70. The molecule has 0 radical (unpaired) electrons. The summed E-state index contributed by atoms with van der Waals surface area (Å²) >= 11 is 0. The smallest absolute Gasteiger partial charge is 0.308 e. The molecule has 1 atom stereocenters. The summed E-state index contributed by atoms with van der Waals surface area (Å²) in [7, 11) is 0. The monoisotopic (exact) mass is 423 g/mol. The van der Waals surface area contributed by atoms with Gasteiger partial charge in [-0.2, -0.15) is 0 Å². The number of carbonyl (C=O) groups is 2. The van der Waals surface area contributed by atoms with E-state index in [0.717, 1.165) is 19.3 Å². The zero-order valence-electron chi connectivity index (χ0n) is 17.9. The second-order valence-corrected chi connectivity index (χ2v) is 9.80. The molecular weight excluding hydrogens is 394 g/mol. The van der Waals surface area contributed by atoms with E-state index in [1.165, 1.54) is 19.3 Å². The maximum Gasteiger partial charge on any atom is 0.308 e. The van der Waals surface area contributed by atoms with Gasteiger partial charge in [-0.15, -0.1) is 0 Å². The molecule has 1 heterocycles. The van der Waals surface area contributed by atoms with E-state index in [4.69, 9.17) is 4.74 Å². The fourth-order valence-corrected chi connectivity index (χ4v) is 6.46. The molecule has 0 aliphatic heterocycles. The van der Waals surface area contributed by atoms with Gasteiger partial charge in [0.1, 0.15) is 0 Å². The van der Waals surface area contributed by atoms with Crippen LogP contribution in [0.4, 0.5) is 0 Å². The van der Waals surface area contributed by atoms with Crippen molar-refractivity contribution in [1.82, 2.24) is 15.3 Å². The van der Waals surface area contributed by atoms with Crippen molar-refractivity contribution in [3.8, 4) is 0 Å². The highest BCUT2D eigenvalue weighted by atomic mass is 16.5. The van der Waals surface area contributed by atoms with Crippen molar-refractivity contribution in [2.75, 3.05) is 6.54 Å². The Morgan fingerprint density at radius 2 is 1.81 bits per heavy atom. The summed E-state index contributed by atoms with van der Waals surface area (Å²) in [4.78, 5) is 44.6. The lowest BCUT2D eigenvalue weighted by molar-refractivity contribution is -0.149. The minimum Gasteiger partial charge on any atom is -0.454 e. The third-order valence-electron chi connectivity index (χ3n) is 7.46. The lowest BCUT2D eigenvalue weighted by Crippen LogP contribution is -2.53. The van der Waals surface area contributed by atoms with Crippen LogP contribution in [0.2, 0.25) is 0 Å². The van der Waals surface area contributed by atoms with Crippen LogP contribution in [0, 0.1) is 23.2 Å². The second kappa shape index (κ2) is 7.77. The number of para-hydroxylation sites is 1. The van der Waals surface area contributed by atoms with Gasteiger partial charge in [0.05, 0.1) is 17.3 Å². The van der Waals surface area contributed by atoms with Crippen LogP contribution in [-0.4, -0.2) is 28.4 Å². The molecule has 7 nitrogen and oxygen atoms in total. The van der Waals surface area contributed by atoms with Gasteiger partial charge in [-0.25, -0.2) is 4.98 Å². The van der Waals surface area contributed by atoms with Gasteiger partial charge < -0.3 is 15.0 Å². The first-order valence-electron chi connectivity index (χ1n) is 11.4. The molecule has 4 saturated carbocycles. The Morgan fingerprint density at radius 3 is 2.48 bits per heavy atom. The molecule has 4 bridgehead atoms. The molecule has 2 N–H and O–H groups in total. The number of ether oxygens (including phenoxy) is 1. The Balaban J connectivity index is 1.15. The van der Waals surface area contributed by atoms with E-state index in [-0.39, 0.29) is 29.8 Å². The van der Waals surface area contributed by atoms with E-state index in [9.17, 15) is 14.4 Å². The van der Waals surface area contributed by atoms with Gasteiger partial charge in [0.25, 0.3) is 5.56 Å². The number of nitrogens with zero attached hydrogens (tertiary/aromatic N) is 1. The van der Waals surface area contributed by atoms with E-state index >= 15 is 0 Å². The topological polar surface area (TPSA) is 101 Å². The van der Waals surface area contributed by atoms with Crippen LogP contribution in [0.1, 0.15) is 63.8 Å². The Morgan fingerprint density at radius 1 is 1.16 bits per heavy atom. The molecule has 4 fully saturated rings. The Bertz CT molecular complexity index is 1040. The molecule has 4 aliphatic rings. The van der Waals surface area contributed by atoms with Crippen molar-refractivity contribution in [3.63, 3.8) is 0 Å². The van der Waals surface area contributed by atoms with Gasteiger partial charge in [-0.1, -0.05) is 12.1 Å². The summed E-state index contributed by atoms with van der Waals surface area (Å²) in [5, 5.41) is 3.50. The first-order valence-corrected chi connectivity index (χ1v) is 11.4. The minimum atomic E-state index is -0.677. The number of fused-ring (bicyclic) bond motifs is 1. The number of aromatic amines is 1. The summed E-state index contributed by atoms with van der Waals surface area (Å²) in [6.45, 7) is 1.95. The molecule has 0 unspecified atom stereocenters. The van der Waals surface area contributed by atoms with Crippen LogP contribution < -0.4 is 10.9 Å². The standard InChI is InChI=1S/C24H29N3O4/c1-14(21-26-19-5-3-2-4-18(19)22(29)27-21)31-20(28)6-7-25-23(30)24-11-15-8-16(12-24)10-17(9-15)13-24/h2-5,14-17H,6-13H2,1H3,(H,25,30)(H,26,27,29)/t14-,15?,16?,17?,24?/m1/s1. The minimum absolute atomic E-state index is 0.0975. The average molecular weight is 424 g/mol. The van der Waals surface area contributed by atoms with Gasteiger partial charge >= 0.3 is 5.97 Å². The van der Waals surface area contributed by atoms with Crippen LogP contribution in [0.25, 0.3) is 10.9 Å². The van der Waals surface area contributed by atoms with Crippen LogP contribution in [0.5, 0.6) is 0 Å². The fourth-order valence-electron chi connectivity index (χ4n) is 6.46. The number of rotatable bonds is 6. The van der Waals surface area contributed by atoms with Gasteiger partial charge in [0.15, 0.2) is 11.9 Å². The maximum atomic E-state index is 13.0. The molecule has 164 valence electrons. The summed E-state index contributed by atoms with van der Waals surface area (Å²) in [5.41, 5.74) is 0.0961. The number of esters is 1. The van der Waals surface area contributed by atoms with Crippen molar-refractivity contribution < 1.29 is 14.3 Å². The predicted molar refractivity (Wildman–Crippen MR) is 115 cm³/mol. The molecule has 0 spiro atoms. The fraction of sp³-hybridized carbons (Fsp3) is 0.583. The molecule has 1 aromatic heterocycles. The van der Waals surface area contributed by atoms with Crippen molar-refractivity contribution in [3.05, 3.63) is 40.4 Å². The summed E-state index contributed by atoms with van der Waals surface area (Å²) in [5.74, 6) is 2.13.